The lowest BCUT2D eigenvalue weighted by Crippen LogP contribution is -2.05. The fourth-order valence-electron chi connectivity index (χ4n) is 2.27. The second-order valence-corrected chi connectivity index (χ2v) is 4.76. The number of carbonyl (C=O) groups is 1. The Hall–Kier alpha value is -2.62. The van der Waals surface area contributed by atoms with Crippen molar-refractivity contribution in [2.24, 2.45) is 0 Å². The van der Waals surface area contributed by atoms with Gasteiger partial charge in [-0.1, -0.05) is 30.3 Å². The van der Waals surface area contributed by atoms with Crippen LogP contribution in [-0.2, 0) is 6.42 Å². The Morgan fingerprint density at radius 3 is 2.62 bits per heavy atom. The van der Waals surface area contributed by atoms with Crippen molar-refractivity contribution in [1.29, 1.82) is 0 Å². The predicted octanol–water partition coefficient (Wildman–Crippen LogP) is 3.94. The summed E-state index contributed by atoms with van der Waals surface area (Å²) < 4.78 is 26.1. The van der Waals surface area contributed by atoms with Gasteiger partial charge in [-0.15, -0.1) is 0 Å². The maximum absolute atomic E-state index is 13.2. The third-order valence-electron chi connectivity index (χ3n) is 3.32. The van der Waals surface area contributed by atoms with Crippen molar-refractivity contribution in [3.8, 4) is 0 Å². The van der Waals surface area contributed by atoms with Crippen LogP contribution in [0.1, 0.15) is 15.9 Å². The molecule has 3 rings (SSSR count). The van der Waals surface area contributed by atoms with Crippen molar-refractivity contribution in [3.63, 3.8) is 0 Å². The molecule has 0 fully saturated rings. The first-order valence-corrected chi connectivity index (χ1v) is 6.45. The Bertz CT molecular complexity index is 825. The van der Waals surface area contributed by atoms with Gasteiger partial charge in [0.1, 0.15) is 0 Å². The molecular weight excluding hydrogens is 272 g/mol. The Morgan fingerprint density at radius 1 is 1.00 bits per heavy atom. The van der Waals surface area contributed by atoms with Gasteiger partial charge in [0.2, 0.25) is 0 Å². The summed E-state index contributed by atoms with van der Waals surface area (Å²) in [6.07, 6.45) is 3.20. The SMILES string of the molecule is O=C(Cc1ccc(F)c(F)c1)c1cncc2ccccc12. The van der Waals surface area contributed by atoms with Gasteiger partial charge in [-0.25, -0.2) is 8.78 Å². The zero-order valence-electron chi connectivity index (χ0n) is 11.0. The molecule has 0 aliphatic carbocycles. The molecule has 0 aliphatic rings. The molecule has 21 heavy (non-hydrogen) atoms. The smallest absolute Gasteiger partial charge is 0.169 e. The highest BCUT2D eigenvalue weighted by Gasteiger charge is 2.12. The van der Waals surface area contributed by atoms with E-state index in [0.717, 1.165) is 22.9 Å². The summed E-state index contributed by atoms with van der Waals surface area (Å²) in [7, 11) is 0. The van der Waals surface area contributed by atoms with Crippen molar-refractivity contribution in [2.45, 2.75) is 6.42 Å². The van der Waals surface area contributed by atoms with Gasteiger partial charge < -0.3 is 0 Å². The van der Waals surface area contributed by atoms with Gasteiger partial charge in [0.15, 0.2) is 17.4 Å². The normalized spacial score (nSPS) is 10.8. The first kappa shape index (κ1) is 13.4. The average molecular weight is 283 g/mol. The minimum absolute atomic E-state index is 0.00683. The second-order valence-electron chi connectivity index (χ2n) is 4.76. The molecule has 0 saturated heterocycles. The number of pyridine rings is 1. The minimum atomic E-state index is -0.948. The molecule has 0 spiro atoms. The van der Waals surface area contributed by atoms with Crippen LogP contribution in [0.5, 0.6) is 0 Å². The third kappa shape index (κ3) is 2.65. The molecule has 0 atom stereocenters. The number of Topliss-reactive ketones (excluding diaryl/α,β-unsaturated/α-hetero) is 1. The van der Waals surface area contributed by atoms with E-state index in [1.165, 1.54) is 12.3 Å². The third-order valence-corrected chi connectivity index (χ3v) is 3.32. The van der Waals surface area contributed by atoms with Gasteiger partial charge >= 0.3 is 0 Å². The van der Waals surface area contributed by atoms with E-state index < -0.39 is 11.6 Å². The molecule has 3 aromatic rings. The number of hydrogen-bond acceptors (Lipinski definition) is 2. The van der Waals surface area contributed by atoms with Crippen LogP contribution in [0.25, 0.3) is 10.8 Å². The Labute approximate surface area is 120 Å². The topological polar surface area (TPSA) is 30.0 Å². The highest BCUT2D eigenvalue weighted by Crippen LogP contribution is 2.19. The van der Waals surface area contributed by atoms with Crippen molar-refractivity contribution in [1.82, 2.24) is 4.98 Å². The van der Waals surface area contributed by atoms with E-state index in [0.29, 0.717) is 11.1 Å². The Kier molecular flexibility index (Phi) is 3.44. The highest BCUT2D eigenvalue weighted by atomic mass is 19.2. The molecule has 104 valence electrons. The zero-order valence-corrected chi connectivity index (χ0v) is 11.0. The first-order chi connectivity index (χ1) is 10.1. The molecule has 0 saturated carbocycles. The number of nitrogens with zero attached hydrogens (tertiary/aromatic N) is 1. The van der Waals surface area contributed by atoms with Gasteiger partial charge in [-0.05, 0) is 23.1 Å². The molecule has 0 bridgehead atoms. The molecule has 2 nitrogen and oxygen atoms in total. The van der Waals surface area contributed by atoms with Gasteiger partial charge in [0.25, 0.3) is 0 Å². The molecule has 0 unspecified atom stereocenters. The number of fused-ring (bicyclic) bond motifs is 1. The number of aromatic nitrogens is 1. The maximum Gasteiger partial charge on any atom is 0.169 e. The number of benzene rings is 2. The molecule has 1 heterocycles. The van der Waals surface area contributed by atoms with Crippen LogP contribution in [0.4, 0.5) is 8.78 Å². The van der Waals surface area contributed by atoms with Crippen LogP contribution in [-0.4, -0.2) is 10.8 Å². The molecule has 1 aromatic heterocycles. The summed E-state index contributed by atoms with van der Waals surface area (Å²) in [5.41, 5.74) is 0.921. The highest BCUT2D eigenvalue weighted by molar-refractivity contribution is 6.08. The van der Waals surface area contributed by atoms with Gasteiger partial charge in [0.05, 0.1) is 0 Å². The van der Waals surface area contributed by atoms with E-state index >= 15 is 0 Å². The molecule has 0 aliphatic heterocycles. The molecule has 0 radical (unpaired) electrons. The summed E-state index contributed by atoms with van der Waals surface area (Å²) in [4.78, 5) is 16.4. The fraction of sp³-hybridized carbons (Fsp3) is 0.0588. The number of ketones is 1. The molecular formula is C17H11F2NO. The lowest BCUT2D eigenvalue weighted by molar-refractivity contribution is 0.0994. The van der Waals surface area contributed by atoms with E-state index in [4.69, 9.17) is 0 Å². The van der Waals surface area contributed by atoms with Crippen molar-refractivity contribution < 1.29 is 13.6 Å². The van der Waals surface area contributed by atoms with E-state index in [1.807, 2.05) is 24.3 Å². The summed E-state index contributed by atoms with van der Waals surface area (Å²) in [5, 5.41) is 1.67. The fourth-order valence-corrected chi connectivity index (χ4v) is 2.27. The van der Waals surface area contributed by atoms with Crippen molar-refractivity contribution >= 4 is 16.6 Å². The van der Waals surface area contributed by atoms with Crippen molar-refractivity contribution in [3.05, 3.63) is 77.6 Å². The molecule has 0 amide bonds. The zero-order chi connectivity index (χ0) is 14.8. The average Bonchev–Trinajstić information content (AvgIpc) is 2.50. The van der Waals surface area contributed by atoms with Crippen LogP contribution in [0.15, 0.2) is 54.9 Å². The predicted molar refractivity (Wildman–Crippen MR) is 76.1 cm³/mol. The quantitative estimate of drug-likeness (QED) is 0.681. The standard InChI is InChI=1S/C17H11F2NO/c18-15-6-5-11(7-16(15)19)8-17(21)14-10-20-9-12-3-1-2-4-13(12)14/h1-7,9-10H,8H2. The lowest BCUT2D eigenvalue weighted by Gasteiger charge is -2.05. The van der Waals surface area contributed by atoms with E-state index in [-0.39, 0.29) is 12.2 Å². The number of halogens is 2. The molecule has 0 N–H and O–H groups in total. The number of carbonyl (C=O) groups excluding carboxylic acids is 1. The van der Waals surface area contributed by atoms with Crippen LogP contribution in [0.2, 0.25) is 0 Å². The van der Waals surface area contributed by atoms with Crippen LogP contribution < -0.4 is 0 Å². The lowest BCUT2D eigenvalue weighted by atomic mass is 9.99. The summed E-state index contributed by atoms with van der Waals surface area (Å²) in [5.74, 6) is -2.04. The van der Waals surface area contributed by atoms with E-state index in [9.17, 15) is 13.6 Å². The van der Waals surface area contributed by atoms with Crippen LogP contribution >= 0.6 is 0 Å². The molecule has 2 aromatic carbocycles. The number of rotatable bonds is 3. The van der Waals surface area contributed by atoms with Gasteiger partial charge in [-0.3, -0.25) is 9.78 Å². The number of hydrogen-bond donors (Lipinski definition) is 0. The summed E-state index contributed by atoms with van der Waals surface area (Å²) >= 11 is 0. The Balaban J connectivity index is 1.95. The summed E-state index contributed by atoms with van der Waals surface area (Å²) in [6.45, 7) is 0. The Morgan fingerprint density at radius 2 is 1.81 bits per heavy atom. The van der Waals surface area contributed by atoms with Crippen LogP contribution in [0.3, 0.4) is 0 Å². The van der Waals surface area contributed by atoms with E-state index in [1.54, 1.807) is 6.20 Å². The van der Waals surface area contributed by atoms with Gasteiger partial charge in [0, 0.05) is 29.8 Å². The van der Waals surface area contributed by atoms with Crippen LogP contribution in [0, 0.1) is 11.6 Å². The summed E-state index contributed by atoms with van der Waals surface area (Å²) in [6, 6.07) is 10.9. The van der Waals surface area contributed by atoms with Gasteiger partial charge in [-0.2, -0.15) is 0 Å². The van der Waals surface area contributed by atoms with Crippen molar-refractivity contribution in [2.75, 3.05) is 0 Å². The second kappa shape index (κ2) is 5.40. The first-order valence-electron chi connectivity index (χ1n) is 6.45. The minimum Gasteiger partial charge on any atom is -0.294 e. The maximum atomic E-state index is 13.2. The molecule has 4 heteroatoms. The van der Waals surface area contributed by atoms with E-state index in [2.05, 4.69) is 4.98 Å². The largest absolute Gasteiger partial charge is 0.294 e. The monoisotopic (exact) mass is 283 g/mol.